The van der Waals surface area contributed by atoms with E-state index in [0.717, 1.165) is 77.0 Å². The van der Waals surface area contributed by atoms with E-state index in [1.807, 2.05) is 10.6 Å². The van der Waals surface area contributed by atoms with Gasteiger partial charge in [-0.15, -0.1) is 5.06 Å². The van der Waals surface area contributed by atoms with Gasteiger partial charge in [0.15, 0.2) is 0 Å². The van der Waals surface area contributed by atoms with Crippen LogP contribution in [0.3, 0.4) is 0 Å². The first-order valence-corrected chi connectivity index (χ1v) is 16.0. The zero-order valence-corrected chi connectivity index (χ0v) is 26.6. The van der Waals surface area contributed by atoms with Crippen LogP contribution in [0.1, 0.15) is 128 Å². The van der Waals surface area contributed by atoms with Gasteiger partial charge in [-0.1, -0.05) is 77.0 Å². The van der Waals surface area contributed by atoms with Gasteiger partial charge in [0.05, 0.1) is 0 Å². The maximum Gasteiger partial charge on any atom is 0.471 e. The molecule has 1 rings (SSSR count). The Balaban J connectivity index is 0.000000974. The molecule has 0 bridgehead atoms. The number of rotatable bonds is 23. The van der Waals surface area contributed by atoms with E-state index in [4.69, 9.17) is 9.94 Å². The predicted molar refractivity (Wildman–Crippen MR) is 156 cm³/mol. The van der Waals surface area contributed by atoms with Gasteiger partial charge >= 0.3 is 36.1 Å². The molecule has 1 aliphatic rings. The van der Waals surface area contributed by atoms with Crippen molar-refractivity contribution in [3.63, 3.8) is 0 Å². The summed E-state index contributed by atoms with van der Waals surface area (Å²) in [4.78, 5) is 70.2. The smallest absolute Gasteiger partial charge is 0.471 e. The normalized spacial score (nSPS) is 13.2. The zero-order valence-electron chi connectivity index (χ0n) is 26.6. The summed E-state index contributed by atoms with van der Waals surface area (Å²) in [5, 5.41) is 12.6. The van der Waals surface area contributed by atoms with Gasteiger partial charge in [-0.2, -0.15) is 26.3 Å². The monoisotopic (exact) mass is 691 g/mol. The highest BCUT2D eigenvalue weighted by molar-refractivity contribution is 6.01. The molecule has 1 fully saturated rings. The molecule has 1 heterocycles. The molecule has 0 spiro atoms. The number of amides is 4. The van der Waals surface area contributed by atoms with Gasteiger partial charge in [-0.05, 0) is 25.7 Å². The second-order valence-electron chi connectivity index (χ2n) is 11.1. The highest BCUT2D eigenvalue weighted by Crippen LogP contribution is 2.16. The number of carboxylic acid groups (broad SMARTS) is 1. The second kappa shape index (κ2) is 24.7. The molecule has 0 unspecified atom stereocenters. The van der Waals surface area contributed by atoms with Crippen molar-refractivity contribution in [2.75, 3.05) is 13.1 Å². The molecule has 0 radical (unpaired) electrons. The Labute approximate surface area is 270 Å². The van der Waals surface area contributed by atoms with Crippen LogP contribution in [0.2, 0.25) is 0 Å². The Hall–Kier alpha value is -3.40. The number of alkyl halides is 6. The van der Waals surface area contributed by atoms with Crippen molar-refractivity contribution in [3.8, 4) is 0 Å². The topological polar surface area (TPSA) is 159 Å². The molecule has 0 aromatic heterocycles. The Morgan fingerprint density at radius 2 is 0.894 bits per heavy atom. The molecular formula is C30H47F6N3O8. The van der Waals surface area contributed by atoms with Crippen LogP contribution in [0, 0.1) is 0 Å². The molecule has 47 heavy (non-hydrogen) atoms. The van der Waals surface area contributed by atoms with Crippen LogP contribution in [-0.4, -0.2) is 71.2 Å². The van der Waals surface area contributed by atoms with Crippen molar-refractivity contribution in [3.05, 3.63) is 0 Å². The molecule has 11 nitrogen and oxygen atoms in total. The van der Waals surface area contributed by atoms with Crippen molar-refractivity contribution in [1.29, 1.82) is 0 Å². The fourth-order valence-electron chi connectivity index (χ4n) is 4.33. The summed E-state index contributed by atoms with van der Waals surface area (Å²) in [5.41, 5.74) is 0. The van der Waals surface area contributed by atoms with Gasteiger partial charge in [0.2, 0.25) is 0 Å². The number of carboxylic acids is 1. The Kier molecular flexibility index (Phi) is 22.9. The van der Waals surface area contributed by atoms with Crippen LogP contribution < -0.4 is 10.6 Å². The molecule has 0 atom stereocenters. The van der Waals surface area contributed by atoms with Gasteiger partial charge in [0, 0.05) is 38.8 Å². The van der Waals surface area contributed by atoms with Crippen LogP contribution in [0.5, 0.6) is 0 Å². The van der Waals surface area contributed by atoms with E-state index in [1.165, 1.54) is 0 Å². The number of hydrogen-bond donors (Lipinski definition) is 3. The van der Waals surface area contributed by atoms with Gasteiger partial charge in [-0.3, -0.25) is 24.0 Å². The summed E-state index contributed by atoms with van der Waals surface area (Å²) in [6.07, 6.45) is 3.96. The number of aliphatic carboxylic acids is 1. The summed E-state index contributed by atoms with van der Waals surface area (Å²) in [7, 11) is 0. The van der Waals surface area contributed by atoms with Crippen molar-refractivity contribution in [1.82, 2.24) is 15.7 Å². The quantitative estimate of drug-likeness (QED) is 0.0664. The maximum atomic E-state index is 12.0. The predicted octanol–water partition coefficient (Wildman–Crippen LogP) is 6.04. The van der Waals surface area contributed by atoms with E-state index < -0.39 is 47.9 Å². The van der Waals surface area contributed by atoms with Crippen molar-refractivity contribution in [2.45, 2.75) is 141 Å². The van der Waals surface area contributed by atoms with E-state index >= 15 is 0 Å². The van der Waals surface area contributed by atoms with Crippen molar-refractivity contribution >= 4 is 35.6 Å². The van der Waals surface area contributed by atoms with E-state index in [9.17, 15) is 55.1 Å². The molecular weight excluding hydrogens is 644 g/mol. The lowest BCUT2D eigenvalue weighted by molar-refractivity contribution is -0.197. The first-order valence-electron chi connectivity index (χ1n) is 16.0. The Morgan fingerprint density at radius 3 is 1.23 bits per heavy atom. The minimum Gasteiger partial charge on any atom is -0.481 e. The molecule has 0 aromatic carbocycles. The lowest BCUT2D eigenvalue weighted by Gasteiger charge is -2.12. The minimum atomic E-state index is -4.82. The SMILES string of the molecule is O=C(CCCCCCCCCCCNC(=O)C(F)(F)F)ON1C(=O)CCC1=O.O=C(O)CCCCCCCCCNC(=O)C(F)(F)F. The molecule has 4 amide bonds. The number of halogens is 6. The molecule has 1 saturated heterocycles. The molecule has 17 heteroatoms. The third-order valence-corrected chi connectivity index (χ3v) is 6.91. The molecule has 1 aliphatic heterocycles. The van der Waals surface area contributed by atoms with Crippen LogP contribution in [-0.2, 0) is 33.6 Å². The van der Waals surface area contributed by atoms with Crippen LogP contribution >= 0.6 is 0 Å². The first kappa shape index (κ1) is 43.6. The van der Waals surface area contributed by atoms with Crippen LogP contribution in [0.15, 0.2) is 0 Å². The van der Waals surface area contributed by atoms with E-state index in [2.05, 4.69) is 0 Å². The number of unbranched alkanes of at least 4 members (excludes halogenated alkanes) is 14. The van der Waals surface area contributed by atoms with Crippen LogP contribution in [0.25, 0.3) is 0 Å². The Morgan fingerprint density at radius 1 is 0.574 bits per heavy atom. The average Bonchev–Trinajstić information content (AvgIpc) is 3.29. The highest BCUT2D eigenvalue weighted by Gasteiger charge is 2.38. The van der Waals surface area contributed by atoms with E-state index in [0.29, 0.717) is 30.7 Å². The second-order valence-corrected chi connectivity index (χ2v) is 11.1. The lowest BCUT2D eigenvalue weighted by atomic mass is 10.1. The summed E-state index contributed by atoms with van der Waals surface area (Å²) in [5.74, 6) is -6.13. The molecule has 0 saturated carbocycles. The lowest BCUT2D eigenvalue weighted by Crippen LogP contribution is -2.37. The molecule has 3 N–H and O–H groups in total. The Bertz CT molecular complexity index is 960. The van der Waals surface area contributed by atoms with Gasteiger partial charge < -0.3 is 20.6 Å². The largest absolute Gasteiger partial charge is 0.481 e. The van der Waals surface area contributed by atoms with Crippen molar-refractivity contribution in [2.24, 2.45) is 0 Å². The minimum absolute atomic E-state index is 0.0308. The third kappa shape index (κ3) is 24.4. The summed E-state index contributed by atoms with van der Waals surface area (Å²) in [6, 6.07) is 0. The fourth-order valence-corrected chi connectivity index (χ4v) is 4.33. The number of nitrogens with one attached hydrogen (secondary N) is 2. The molecule has 0 aliphatic carbocycles. The summed E-state index contributed by atoms with van der Waals surface area (Å²) < 4.78 is 71.3. The zero-order chi connectivity index (χ0) is 35.7. The standard InChI is InChI=1S/C18H27F3N2O5.C12H20F3NO3/c19-18(20,21)17(27)22-13-9-7-5-3-1-2-4-6-8-10-16(26)28-23-14(24)11-12-15(23)25;13-12(14,15)11(19)16-9-7-5-3-1-2-4-6-8-10(17)18/h1-13H2,(H,22,27);1-9H2,(H,16,19)(H,17,18). The fraction of sp³-hybridized carbons (Fsp3) is 0.800. The number of nitrogens with zero attached hydrogens (tertiary/aromatic N) is 1. The van der Waals surface area contributed by atoms with Gasteiger partial charge in [-0.25, -0.2) is 4.79 Å². The maximum absolute atomic E-state index is 12.0. The third-order valence-electron chi connectivity index (χ3n) is 6.91. The number of carbonyl (C=O) groups excluding carboxylic acids is 5. The van der Waals surface area contributed by atoms with Gasteiger partial charge in [0.1, 0.15) is 0 Å². The summed E-state index contributed by atoms with van der Waals surface area (Å²) >= 11 is 0. The van der Waals surface area contributed by atoms with E-state index in [1.54, 1.807) is 0 Å². The first-order chi connectivity index (χ1) is 22.1. The highest BCUT2D eigenvalue weighted by atomic mass is 19.4. The number of imide groups is 1. The average molecular weight is 692 g/mol. The van der Waals surface area contributed by atoms with Crippen molar-refractivity contribution < 1.29 is 65.1 Å². The number of hydrogen-bond acceptors (Lipinski definition) is 7. The molecule has 272 valence electrons. The van der Waals surface area contributed by atoms with Gasteiger partial charge in [0.25, 0.3) is 11.8 Å². The van der Waals surface area contributed by atoms with Crippen LogP contribution in [0.4, 0.5) is 26.3 Å². The molecule has 0 aromatic rings. The number of hydroxylamine groups is 2. The number of carbonyl (C=O) groups is 6. The summed E-state index contributed by atoms with van der Waals surface area (Å²) in [6.45, 7) is 0.0699. The van der Waals surface area contributed by atoms with E-state index in [-0.39, 0.29) is 38.8 Å².